The molecule has 11 heteroatoms. The summed E-state index contributed by atoms with van der Waals surface area (Å²) in [5.41, 5.74) is -3.03. The van der Waals surface area contributed by atoms with Gasteiger partial charge in [0.15, 0.2) is 0 Å². The van der Waals surface area contributed by atoms with Crippen LogP contribution in [0.4, 0.5) is 0 Å². The maximum atomic E-state index is 13.9. The Bertz CT molecular complexity index is 1360. The van der Waals surface area contributed by atoms with Crippen LogP contribution in [0, 0.1) is 34.5 Å². The molecule has 5 saturated carbocycles. The minimum Gasteiger partial charge on any atom is -0.497 e. The average Bonchev–Trinajstić information content (AvgIpc) is 3.42. The molecule has 7 bridgehead atoms. The summed E-state index contributed by atoms with van der Waals surface area (Å²) < 4.78 is 43.6. The summed E-state index contributed by atoms with van der Waals surface area (Å²) in [6, 6.07) is 6.66. The number of hydrogen-bond donors (Lipinski definition) is 1. The number of rotatable bonds is 10. The number of carbonyl (C=O) groups is 2. The van der Waals surface area contributed by atoms with Crippen LogP contribution in [-0.2, 0) is 33.2 Å². The van der Waals surface area contributed by atoms with E-state index in [1.165, 1.54) is 6.92 Å². The Morgan fingerprint density at radius 3 is 2.28 bits per heavy atom. The molecule has 1 spiro atoms. The normalized spacial score (nSPS) is 46.6. The molecule has 7 rings (SSSR count). The fourth-order valence-corrected chi connectivity index (χ4v) is 12.4. The van der Waals surface area contributed by atoms with Crippen molar-refractivity contribution in [2.75, 3.05) is 55.2 Å². The largest absolute Gasteiger partial charge is 0.497 e. The van der Waals surface area contributed by atoms with E-state index >= 15 is 0 Å². The number of fused-ring (bicyclic) bond motifs is 2. The molecular weight excluding hydrogens is 594 g/mol. The zero-order chi connectivity index (χ0) is 32.8. The highest BCUT2D eigenvalue weighted by Gasteiger charge is 2.89. The summed E-state index contributed by atoms with van der Waals surface area (Å²) in [5.74, 6) is -1.38. The van der Waals surface area contributed by atoms with Crippen LogP contribution in [0.2, 0.25) is 0 Å². The zero-order valence-corrected chi connectivity index (χ0v) is 28.0. The van der Waals surface area contributed by atoms with Crippen molar-refractivity contribution in [1.82, 2.24) is 4.90 Å². The molecule has 0 amide bonds. The molecule has 0 aromatic heterocycles. The van der Waals surface area contributed by atoms with Crippen molar-refractivity contribution in [3.8, 4) is 5.75 Å². The van der Waals surface area contributed by atoms with Gasteiger partial charge in [0, 0.05) is 83.0 Å². The number of ether oxygens (including phenoxy) is 7. The third-order valence-corrected chi connectivity index (χ3v) is 13.3. The van der Waals surface area contributed by atoms with Crippen molar-refractivity contribution in [3.05, 3.63) is 29.8 Å². The smallest absolute Gasteiger partial charge is 0.338 e. The number of likely N-dealkylation sites (tertiary alicyclic amines) is 1. The summed E-state index contributed by atoms with van der Waals surface area (Å²) >= 11 is 0. The van der Waals surface area contributed by atoms with Crippen LogP contribution in [0.25, 0.3) is 0 Å². The second-order valence-electron chi connectivity index (χ2n) is 14.6. The van der Waals surface area contributed by atoms with E-state index in [1.807, 2.05) is 0 Å². The molecule has 1 saturated heterocycles. The molecule has 13 atom stereocenters. The standard InChI is InChI=1S/C35H49NO10/c1-8-36-17-32(18-40-3)14-13-23(42-5)35-22-15-33(39)24(43-6)16-34(46-19(2)37,26(29(35)36)27(44-7)28(32)35)25(22)30(33)45-31(38)20-9-11-21(41-4)12-10-20/h9-12,22-30,39H,8,13-18H2,1-7H3/t22-,23+,24+,25-,26?,27?,28-,29-,30-,32+,33+,34-,35+/m1/s1. The Morgan fingerprint density at radius 1 is 0.978 bits per heavy atom. The van der Waals surface area contributed by atoms with Gasteiger partial charge in [0.2, 0.25) is 0 Å². The number of hydrogen-bond acceptors (Lipinski definition) is 11. The van der Waals surface area contributed by atoms with Crippen LogP contribution in [0.15, 0.2) is 24.3 Å². The molecular formula is C35H49NO10. The summed E-state index contributed by atoms with van der Waals surface area (Å²) in [5, 5.41) is 12.8. The lowest BCUT2D eigenvalue weighted by Gasteiger charge is -2.69. The van der Waals surface area contributed by atoms with Crippen LogP contribution >= 0.6 is 0 Å². The monoisotopic (exact) mass is 643 g/mol. The highest BCUT2D eigenvalue weighted by atomic mass is 16.6. The summed E-state index contributed by atoms with van der Waals surface area (Å²) in [6.07, 6.45) is 0.142. The van der Waals surface area contributed by atoms with Crippen LogP contribution in [0.1, 0.15) is 49.9 Å². The zero-order valence-electron chi connectivity index (χ0n) is 28.0. The van der Waals surface area contributed by atoms with Crippen molar-refractivity contribution < 1.29 is 47.9 Å². The first-order valence-electron chi connectivity index (χ1n) is 16.6. The van der Waals surface area contributed by atoms with Gasteiger partial charge in [0.1, 0.15) is 23.1 Å². The third-order valence-electron chi connectivity index (χ3n) is 13.3. The van der Waals surface area contributed by atoms with Crippen LogP contribution in [0.3, 0.4) is 0 Å². The summed E-state index contributed by atoms with van der Waals surface area (Å²) in [6.45, 7) is 5.80. The Hall–Kier alpha value is -2.28. The van der Waals surface area contributed by atoms with Gasteiger partial charge in [-0.3, -0.25) is 9.69 Å². The van der Waals surface area contributed by atoms with Gasteiger partial charge in [0.25, 0.3) is 0 Å². The van der Waals surface area contributed by atoms with Crippen LogP contribution < -0.4 is 4.74 Å². The SMILES string of the molecule is CCN1C[C@]2(COC)CC[C@H](OC)[C@@]34[C@@H]5C[C@]6(O)[C@@H](OC)C[C@](OC(C)=O)(C(C(OC)[C@H]23)[C@@H]14)[C@H]5[C@H]6OC(=O)c1ccc(OC)cc1. The topological polar surface area (TPSA) is 122 Å². The Kier molecular flexibility index (Phi) is 7.81. The molecule has 46 heavy (non-hydrogen) atoms. The van der Waals surface area contributed by atoms with Gasteiger partial charge >= 0.3 is 11.9 Å². The quantitative estimate of drug-likeness (QED) is 0.379. The first kappa shape index (κ1) is 32.3. The first-order chi connectivity index (χ1) is 22.1. The molecule has 6 fully saturated rings. The minimum atomic E-state index is -1.51. The van der Waals surface area contributed by atoms with Crippen molar-refractivity contribution in [1.29, 1.82) is 0 Å². The highest BCUT2D eigenvalue weighted by Crippen LogP contribution is 2.80. The number of carbonyl (C=O) groups excluding carboxylic acids is 2. The molecule has 1 aliphatic heterocycles. The second kappa shape index (κ2) is 11.1. The predicted octanol–water partition coefficient (Wildman–Crippen LogP) is 2.72. The van der Waals surface area contributed by atoms with Gasteiger partial charge in [-0.1, -0.05) is 6.92 Å². The Labute approximate surface area is 271 Å². The Morgan fingerprint density at radius 2 is 1.70 bits per heavy atom. The van der Waals surface area contributed by atoms with Gasteiger partial charge in [0.05, 0.1) is 37.6 Å². The molecule has 1 aromatic carbocycles. The van der Waals surface area contributed by atoms with E-state index in [2.05, 4.69) is 11.8 Å². The maximum Gasteiger partial charge on any atom is 0.338 e. The van der Waals surface area contributed by atoms with Crippen LogP contribution in [0.5, 0.6) is 5.75 Å². The van der Waals surface area contributed by atoms with Crippen molar-refractivity contribution in [3.63, 3.8) is 0 Å². The molecule has 1 aromatic rings. The van der Waals surface area contributed by atoms with Crippen LogP contribution in [-0.4, -0.2) is 119 Å². The van der Waals surface area contributed by atoms with E-state index < -0.39 is 46.7 Å². The van der Waals surface area contributed by atoms with Gasteiger partial charge in [-0.2, -0.15) is 0 Å². The van der Waals surface area contributed by atoms with E-state index in [0.29, 0.717) is 24.3 Å². The third kappa shape index (κ3) is 3.87. The predicted molar refractivity (Wildman–Crippen MR) is 164 cm³/mol. The maximum absolute atomic E-state index is 13.9. The molecule has 11 nitrogen and oxygen atoms in total. The molecule has 1 N–H and O–H groups in total. The lowest BCUT2D eigenvalue weighted by molar-refractivity contribution is -0.287. The number of methoxy groups -OCH3 is 5. The fraction of sp³-hybridized carbons (Fsp3) is 0.771. The molecule has 0 radical (unpaired) electrons. The van der Waals surface area contributed by atoms with Gasteiger partial charge in [-0.05, 0) is 56.0 Å². The van der Waals surface area contributed by atoms with Crippen molar-refractivity contribution in [2.24, 2.45) is 34.5 Å². The van der Waals surface area contributed by atoms with Gasteiger partial charge < -0.3 is 38.3 Å². The number of piperidine rings is 1. The van der Waals surface area contributed by atoms with E-state index in [1.54, 1.807) is 59.8 Å². The van der Waals surface area contributed by atoms with E-state index in [9.17, 15) is 14.7 Å². The number of aliphatic hydroxyl groups is 1. The second-order valence-corrected chi connectivity index (χ2v) is 14.6. The fourth-order valence-electron chi connectivity index (χ4n) is 12.4. The minimum absolute atomic E-state index is 0.00534. The number of nitrogens with zero attached hydrogens (tertiary/aromatic N) is 1. The van der Waals surface area contributed by atoms with Gasteiger partial charge in [-0.25, -0.2) is 4.79 Å². The lowest BCUT2D eigenvalue weighted by atomic mass is 9.43. The number of benzene rings is 1. The number of esters is 2. The molecule has 2 unspecified atom stereocenters. The van der Waals surface area contributed by atoms with E-state index in [0.717, 1.165) is 25.9 Å². The summed E-state index contributed by atoms with van der Waals surface area (Å²) in [7, 11) is 8.44. The van der Waals surface area contributed by atoms with E-state index in [-0.39, 0.29) is 47.8 Å². The highest BCUT2D eigenvalue weighted by molar-refractivity contribution is 5.89. The first-order valence-corrected chi connectivity index (χ1v) is 16.6. The molecule has 1 heterocycles. The lowest BCUT2D eigenvalue weighted by Crippen LogP contribution is -2.77. The van der Waals surface area contributed by atoms with Crippen molar-refractivity contribution in [2.45, 2.75) is 81.2 Å². The summed E-state index contributed by atoms with van der Waals surface area (Å²) in [4.78, 5) is 29.7. The van der Waals surface area contributed by atoms with Gasteiger partial charge in [-0.15, -0.1) is 0 Å². The average molecular weight is 644 g/mol. The molecule has 5 aliphatic carbocycles. The van der Waals surface area contributed by atoms with Crippen molar-refractivity contribution >= 4 is 11.9 Å². The Balaban J connectivity index is 1.46. The molecule has 254 valence electrons. The molecule has 6 aliphatic rings. The van der Waals surface area contributed by atoms with E-state index in [4.69, 9.17) is 33.2 Å².